The number of rotatable bonds is 4. The molecule has 4 heterocycles. The molecule has 0 saturated carbocycles. The van der Waals surface area contributed by atoms with E-state index < -0.39 is 0 Å². The number of imidazole rings is 1. The third-order valence-corrected chi connectivity index (χ3v) is 7.56. The summed E-state index contributed by atoms with van der Waals surface area (Å²) in [6, 6.07) is 10.6. The third kappa shape index (κ3) is 5.47. The van der Waals surface area contributed by atoms with Crippen molar-refractivity contribution in [2.75, 3.05) is 13.1 Å². The van der Waals surface area contributed by atoms with Crippen LogP contribution in [0.25, 0.3) is 22.4 Å². The first kappa shape index (κ1) is 26.0. The van der Waals surface area contributed by atoms with E-state index >= 15 is 0 Å². The van der Waals surface area contributed by atoms with Gasteiger partial charge in [0.1, 0.15) is 12.1 Å². The Morgan fingerprint density at radius 2 is 1.63 bits per heavy atom. The van der Waals surface area contributed by atoms with Gasteiger partial charge in [-0.05, 0) is 59.1 Å². The summed E-state index contributed by atoms with van der Waals surface area (Å²) in [7, 11) is 0. The van der Waals surface area contributed by atoms with Gasteiger partial charge in [-0.3, -0.25) is 9.78 Å². The molecule has 0 spiro atoms. The summed E-state index contributed by atoms with van der Waals surface area (Å²) in [4.78, 5) is 33.4. The van der Waals surface area contributed by atoms with Crippen LogP contribution < -0.4 is 0 Å². The topological polar surface area (TPSA) is 76.8 Å². The Labute approximate surface area is 225 Å². The summed E-state index contributed by atoms with van der Waals surface area (Å²) >= 11 is 0. The molecular formula is C31H38N6O. The molecule has 3 aromatic heterocycles. The first-order valence-corrected chi connectivity index (χ1v) is 13.5. The van der Waals surface area contributed by atoms with Gasteiger partial charge in [0.15, 0.2) is 5.65 Å². The first-order valence-electron chi connectivity index (χ1n) is 13.5. The van der Waals surface area contributed by atoms with Crippen molar-refractivity contribution in [2.45, 2.75) is 77.7 Å². The Morgan fingerprint density at radius 3 is 2.29 bits per heavy atom. The van der Waals surface area contributed by atoms with Gasteiger partial charge in [0.2, 0.25) is 5.91 Å². The minimum atomic E-state index is 0.0411. The lowest BCUT2D eigenvalue weighted by atomic mass is 9.79. The summed E-state index contributed by atoms with van der Waals surface area (Å²) in [5.41, 5.74) is 7.28. The van der Waals surface area contributed by atoms with Crippen molar-refractivity contribution in [2.24, 2.45) is 0 Å². The molecule has 1 aromatic carbocycles. The van der Waals surface area contributed by atoms with Crippen molar-refractivity contribution in [3.05, 3.63) is 72.1 Å². The number of nitrogens with zero attached hydrogens (tertiary/aromatic N) is 6. The van der Waals surface area contributed by atoms with Crippen molar-refractivity contribution >= 4 is 17.1 Å². The smallest absolute Gasteiger partial charge is 0.242 e. The second kappa shape index (κ2) is 9.93. The quantitative estimate of drug-likeness (QED) is 0.342. The Bertz CT molecular complexity index is 1420. The maximum Gasteiger partial charge on any atom is 0.242 e. The fourth-order valence-electron chi connectivity index (χ4n) is 5.04. The second-order valence-electron chi connectivity index (χ2n) is 12.5. The Kier molecular flexibility index (Phi) is 6.80. The normalized spacial score (nSPS) is 15.3. The van der Waals surface area contributed by atoms with Crippen LogP contribution in [0.3, 0.4) is 0 Å². The highest BCUT2D eigenvalue weighted by molar-refractivity contribution is 5.79. The largest absolute Gasteiger partial charge is 0.341 e. The fraction of sp³-hybridized carbons (Fsp3) is 0.452. The molecule has 1 aliphatic heterocycles. The Balaban J connectivity index is 1.30. The van der Waals surface area contributed by atoms with E-state index in [1.54, 1.807) is 12.5 Å². The van der Waals surface area contributed by atoms with Crippen molar-refractivity contribution in [1.29, 1.82) is 0 Å². The summed E-state index contributed by atoms with van der Waals surface area (Å²) in [5, 5.41) is 0. The number of amides is 1. The average Bonchev–Trinajstić information content (AvgIpc) is 3.30. The maximum atomic E-state index is 13.0. The van der Waals surface area contributed by atoms with Crippen molar-refractivity contribution < 1.29 is 4.79 Å². The molecule has 4 aromatic rings. The first-order chi connectivity index (χ1) is 18.0. The van der Waals surface area contributed by atoms with Crippen LogP contribution in [0.4, 0.5) is 0 Å². The number of benzene rings is 1. The summed E-state index contributed by atoms with van der Waals surface area (Å²) < 4.78 is 1.83. The SMILES string of the molecule is CC(C)(C)c1cc(-c2cncc(C3CCN(C(=O)Cn4cnc5cccnc54)CC3)n2)cc(C(C)(C)C)c1. The molecule has 7 heteroatoms. The number of aromatic nitrogens is 5. The molecule has 0 bridgehead atoms. The zero-order chi connectivity index (χ0) is 27.1. The third-order valence-electron chi connectivity index (χ3n) is 7.56. The van der Waals surface area contributed by atoms with Gasteiger partial charge < -0.3 is 9.47 Å². The van der Waals surface area contributed by atoms with Gasteiger partial charge in [-0.25, -0.2) is 15.0 Å². The van der Waals surface area contributed by atoms with E-state index in [0.29, 0.717) is 13.1 Å². The Hall–Kier alpha value is -3.61. The van der Waals surface area contributed by atoms with Gasteiger partial charge in [0.25, 0.3) is 0 Å². The lowest BCUT2D eigenvalue weighted by Crippen LogP contribution is -2.39. The maximum absolute atomic E-state index is 13.0. The van der Waals surface area contributed by atoms with Crippen LogP contribution in [0.15, 0.2) is 55.2 Å². The van der Waals surface area contributed by atoms with Gasteiger partial charge in [-0.1, -0.05) is 47.6 Å². The Morgan fingerprint density at radius 1 is 0.947 bits per heavy atom. The molecule has 1 amide bonds. The van der Waals surface area contributed by atoms with E-state index in [0.717, 1.165) is 41.0 Å². The summed E-state index contributed by atoms with van der Waals surface area (Å²) in [5.74, 6) is 0.386. The van der Waals surface area contributed by atoms with Crippen LogP contribution in [0.5, 0.6) is 0 Å². The number of piperidine rings is 1. The van der Waals surface area contributed by atoms with Crippen molar-refractivity contribution in [3.8, 4) is 11.3 Å². The van der Waals surface area contributed by atoms with Gasteiger partial charge in [-0.15, -0.1) is 0 Å². The minimum Gasteiger partial charge on any atom is -0.341 e. The number of fused-ring (bicyclic) bond motifs is 1. The van der Waals surface area contributed by atoms with Gasteiger partial charge in [0, 0.05) is 37.0 Å². The molecule has 0 radical (unpaired) electrons. The lowest BCUT2D eigenvalue weighted by molar-refractivity contribution is -0.132. The summed E-state index contributed by atoms with van der Waals surface area (Å²) in [6.45, 7) is 15.2. The molecule has 1 fully saturated rings. The molecule has 5 rings (SSSR count). The van der Waals surface area contributed by atoms with E-state index in [4.69, 9.17) is 4.98 Å². The van der Waals surface area contributed by atoms with E-state index in [1.165, 1.54) is 11.1 Å². The van der Waals surface area contributed by atoms with E-state index in [2.05, 4.69) is 74.7 Å². The second-order valence-corrected chi connectivity index (χ2v) is 12.5. The summed E-state index contributed by atoms with van der Waals surface area (Å²) in [6.07, 6.45) is 8.95. The van der Waals surface area contributed by atoms with Gasteiger partial charge in [0.05, 0.1) is 23.9 Å². The molecule has 1 saturated heterocycles. The fourth-order valence-corrected chi connectivity index (χ4v) is 5.04. The minimum absolute atomic E-state index is 0.0411. The number of hydrogen-bond acceptors (Lipinski definition) is 5. The predicted octanol–water partition coefficient (Wildman–Crippen LogP) is 5.89. The standard InChI is InChI=1S/C31H38N6O/c1-30(2,3)23-14-22(15-24(16-23)31(4,5)6)27-18-32-17-26(35-27)21-9-12-36(13-10-21)28(38)19-37-20-34-25-8-7-11-33-29(25)37/h7-8,11,14-18,20-21H,9-10,12-13,19H2,1-6H3. The average molecular weight is 511 g/mol. The van der Waals surface area contributed by atoms with E-state index in [9.17, 15) is 4.79 Å². The van der Waals surface area contributed by atoms with Crippen LogP contribution in [0, 0.1) is 0 Å². The van der Waals surface area contributed by atoms with E-state index in [1.807, 2.05) is 34.0 Å². The van der Waals surface area contributed by atoms with Gasteiger partial charge >= 0.3 is 0 Å². The molecule has 0 unspecified atom stereocenters. The highest BCUT2D eigenvalue weighted by Crippen LogP contribution is 2.34. The monoisotopic (exact) mass is 510 g/mol. The van der Waals surface area contributed by atoms with Gasteiger partial charge in [-0.2, -0.15) is 0 Å². The molecule has 38 heavy (non-hydrogen) atoms. The van der Waals surface area contributed by atoms with Crippen molar-refractivity contribution in [3.63, 3.8) is 0 Å². The van der Waals surface area contributed by atoms with Crippen LogP contribution in [0.2, 0.25) is 0 Å². The zero-order valence-electron chi connectivity index (χ0n) is 23.4. The number of carbonyl (C=O) groups is 1. The van der Waals surface area contributed by atoms with Crippen LogP contribution in [0.1, 0.15) is 77.1 Å². The highest BCUT2D eigenvalue weighted by atomic mass is 16.2. The van der Waals surface area contributed by atoms with Crippen LogP contribution >= 0.6 is 0 Å². The number of likely N-dealkylation sites (tertiary alicyclic amines) is 1. The molecule has 0 atom stereocenters. The lowest BCUT2D eigenvalue weighted by Gasteiger charge is -2.32. The molecular weight excluding hydrogens is 472 g/mol. The van der Waals surface area contributed by atoms with Crippen LogP contribution in [-0.2, 0) is 22.2 Å². The number of carbonyl (C=O) groups excluding carboxylic acids is 1. The van der Waals surface area contributed by atoms with Crippen LogP contribution in [-0.4, -0.2) is 48.4 Å². The number of hydrogen-bond donors (Lipinski definition) is 0. The molecule has 198 valence electrons. The molecule has 1 aliphatic rings. The number of pyridine rings is 1. The van der Waals surface area contributed by atoms with Crippen molar-refractivity contribution in [1.82, 2.24) is 29.4 Å². The molecule has 0 N–H and O–H groups in total. The zero-order valence-corrected chi connectivity index (χ0v) is 23.4. The molecule has 7 nitrogen and oxygen atoms in total. The predicted molar refractivity (Wildman–Crippen MR) is 151 cm³/mol. The molecule has 0 aliphatic carbocycles. The highest BCUT2D eigenvalue weighted by Gasteiger charge is 2.26. The van der Waals surface area contributed by atoms with E-state index in [-0.39, 0.29) is 29.2 Å².